The van der Waals surface area contributed by atoms with Crippen molar-refractivity contribution < 1.29 is 14.6 Å². The van der Waals surface area contributed by atoms with Crippen LogP contribution in [-0.2, 0) is 6.54 Å². The fraction of sp³-hybridized carbons (Fsp3) is 0.308. The molecule has 1 heterocycles. The van der Waals surface area contributed by atoms with Gasteiger partial charge in [0.05, 0.1) is 5.52 Å². The SMILES string of the molecule is CCCCn1c(OC(=O)O)cc2cc(Cl)ccc21. The summed E-state index contributed by atoms with van der Waals surface area (Å²) in [5.41, 5.74) is 0.934. The third-order valence-electron chi connectivity index (χ3n) is 2.75. The Kier molecular flexibility index (Phi) is 3.77. The number of carbonyl (C=O) groups is 1. The van der Waals surface area contributed by atoms with E-state index in [4.69, 9.17) is 21.4 Å². The van der Waals surface area contributed by atoms with Gasteiger partial charge in [0.1, 0.15) is 0 Å². The van der Waals surface area contributed by atoms with Crippen LogP contribution < -0.4 is 4.74 Å². The van der Waals surface area contributed by atoms with E-state index in [0.717, 1.165) is 30.3 Å². The fourth-order valence-electron chi connectivity index (χ4n) is 1.94. The maximum atomic E-state index is 10.7. The van der Waals surface area contributed by atoms with E-state index in [1.165, 1.54) is 0 Å². The number of nitrogens with zero attached hydrogens (tertiary/aromatic N) is 1. The average Bonchev–Trinajstić information content (AvgIpc) is 2.62. The van der Waals surface area contributed by atoms with Crippen molar-refractivity contribution in [2.24, 2.45) is 0 Å². The molecule has 96 valence electrons. The Bertz CT molecular complexity index is 577. The molecule has 5 heteroatoms. The lowest BCUT2D eigenvalue weighted by Gasteiger charge is -2.08. The minimum Gasteiger partial charge on any atom is -0.449 e. The van der Waals surface area contributed by atoms with Crippen LogP contribution >= 0.6 is 11.6 Å². The van der Waals surface area contributed by atoms with Gasteiger partial charge in [-0.25, -0.2) is 4.79 Å². The van der Waals surface area contributed by atoms with Crippen molar-refractivity contribution in [1.82, 2.24) is 4.57 Å². The number of benzene rings is 1. The van der Waals surface area contributed by atoms with Crippen LogP contribution in [0.3, 0.4) is 0 Å². The highest BCUT2D eigenvalue weighted by Gasteiger charge is 2.12. The van der Waals surface area contributed by atoms with E-state index in [0.29, 0.717) is 10.9 Å². The standard InChI is InChI=1S/C13H14ClNO3/c1-2-3-6-15-11-5-4-10(14)7-9(11)8-12(15)18-13(16)17/h4-5,7-8H,2-3,6H2,1H3,(H,16,17). The molecular weight excluding hydrogens is 254 g/mol. The number of carboxylic acid groups (broad SMARTS) is 1. The molecule has 0 saturated heterocycles. The van der Waals surface area contributed by atoms with Gasteiger partial charge in [0, 0.05) is 23.0 Å². The molecule has 0 fully saturated rings. The summed E-state index contributed by atoms with van der Waals surface area (Å²) in [5, 5.41) is 10.2. The zero-order valence-corrected chi connectivity index (χ0v) is 10.8. The Hall–Kier alpha value is -1.68. The molecule has 0 aliphatic rings. The second kappa shape index (κ2) is 5.31. The first-order valence-corrected chi connectivity index (χ1v) is 6.19. The average molecular weight is 268 g/mol. The molecule has 1 aromatic heterocycles. The quantitative estimate of drug-likeness (QED) is 0.847. The van der Waals surface area contributed by atoms with Gasteiger partial charge in [-0.3, -0.25) is 0 Å². The normalized spacial score (nSPS) is 10.8. The van der Waals surface area contributed by atoms with E-state index in [9.17, 15) is 4.79 Å². The van der Waals surface area contributed by atoms with Crippen molar-refractivity contribution in [2.75, 3.05) is 0 Å². The Labute approximate surface area is 110 Å². The van der Waals surface area contributed by atoms with Crippen molar-refractivity contribution in [1.29, 1.82) is 0 Å². The second-order valence-electron chi connectivity index (χ2n) is 4.06. The number of aromatic nitrogens is 1. The summed E-state index contributed by atoms with van der Waals surface area (Å²) in [6.45, 7) is 2.81. The van der Waals surface area contributed by atoms with E-state index < -0.39 is 6.16 Å². The van der Waals surface area contributed by atoms with Crippen LogP contribution in [0.4, 0.5) is 4.79 Å². The third kappa shape index (κ3) is 2.59. The van der Waals surface area contributed by atoms with Gasteiger partial charge >= 0.3 is 6.16 Å². The highest BCUT2D eigenvalue weighted by Crippen LogP contribution is 2.28. The second-order valence-corrected chi connectivity index (χ2v) is 4.50. The van der Waals surface area contributed by atoms with Crippen molar-refractivity contribution in [2.45, 2.75) is 26.3 Å². The molecule has 0 radical (unpaired) electrons. The van der Waals surface area contributed by atoms with Gasteiger partial charge in [0.25, 0.3) is 0 Å². The Morgan fingerprint density at radius 3 is 2.89 bits per heavy atom. The molecule has 0 aliphatic heterocycles. The smallest absolute Gasteiger partial charge is 0.449 e. The number of hydrogen-bond donors (Lipinski definition) is 1. The van der Waals surface area contributed by atoms with Crippen LogP contribution in [-0.4, -0.2) is 15.8 Å². The van der Waals surface area contributed by atoms with Gasteiger partial charge in [-0.15, -0.1) is 0 Å². The van der Waals surface area contributed by atoms with Crippen LogP contribution in [0.1, 0.15) is 19.8 Å². The van der Waals surface area contributed by atoms with Gasteiger partial charge in [-0.2, -0.15) is 0 Å². The predicted octanol–water partition coefficient (Wildman–Crippen LogP) is 4.15. The molecule has 0 amide bonds. The van der Waals surface area contributed by atoms with Crippen molar-refractivity contribution in [3.63, 3.8) is 0 Å². The Balaban J connectivity index is 2.49. The number of aryl methyl sites for hydroxylation is 1. The summed E-state index contributed by atoms with van der Waals surface area (Å²) in [6.07, 6.45) is 0.684. The van der Waals surface area contributed by atoms with E-state index >= 15 is 0 Å². The number of unbranched alkanes of at least 4 members (excludes halogenated alkanes) is 1. The minimum atomic E-state index is -1.30. The Morgan fingerprint density at radius 2 is 2.22 bits per heavy atom. The van der Waals surface area contributed by atoms with Gasteiger partial charge in [0.2, 0.25) is 5.88 Å². The van der Waals surface area contributed by atoms with Crippen LogP contribution in [0.5, 0.6) is 5.88 Å². The molecular formula is C13H14ClNO3. The van der Waals surface area contributed by atoms with Gasteiger partial charge in [0.15, 0.2) is 0 Å². The monoisotopic (exact) mass is 267 g/mol. The van der Waals surface area contributed by atoms with Crippen molar-refractivity contribution in [3.8, 4) is 5.88 Å². The molecule has 2 aromatic rings. The van der Waals surface area contributed by atoms with Crippen LogP contribution in [0.2, 0.25) is 5.02 Å². The largest absolute Gasteiger partial charge is 0.512 e. The molecule has 0 spiro atoms. The van der Waals surface area contributed by atoms with Crippen LogP contribution in [0.25, 0.3) is 10.9 Å². The number of ether oxygens (including phenoxy) is 1. The highest BCUT2D eigenvalue weighted by atomic mass is 35.5. The topological polar surface area (TPSA) is 51.5 Å². The minimum absolute atomic E-state index is 0.341. The zero-order valence-electron chi connectivity index (χ0n) is 10.0. The lowest BCUT2D eigenvalue weighted by atomic mass is 10.2. The zero-order chi connectivity index (χ0) is 13.1. The predicted molar refractivity (Wildman–Crippen MR) is 70.5 cm³/mol. The molecule has 4 nitrogen and oxygen atoms in total. The van der Waals surface area contributed by atoms with E-state index in [1.54, 1.807) is 18.2 Å². The molecule has 1 aromatic carbocycles. The first-order chi connectivity index (χ1) is 8.61. The van der Waals surface area contributed by atoms with E-state index in [1.807, 2.05) is 10.6 Å². The third-order valence-corrected chi connectivity index (χ3v) is 2.99. The number of rotatable bonds is 4. The van der Waals surface area contributed by atoms with Gasteiger partial charge < -0.3 is 14.4 Å². The molecule has 1 N–H and O–H groups in total. The van der Waals surface area contributed by atoms with Gasteiger partial charge in [-0.05, 0) is 24.6 Å². The van der Waals surface area contributed by atoms with Crippen LogP contribution in [0.15, 0.2) is 24.3 Å². The molecule has 0 atom stereocenters. The molecule has 0 aliphatic carbocycles. The summed E-state index contributed by atoms with van der Waals surface area (Å²) in [4.78, 5) is 10.7. The number of fused-ring (bicyclic) bond motifs is 1. The number of halogens is 1. The molecule has 0 unspecified atom stereocenters. The summed E-state index contributed by atoms with van der Waals surface area (Å²) >= 11 is 5.92. The molecule has 18 heavy (non-hydrogen) atoms. The fourth-order valence-corrected chi connectivity index (χ4v) is 2.12. The summed E-state index contributed by atoms with van der Waals surface area (Å²) in [5.74, 6) is 0.341. The number of hydrogen-bond acceptors (Lipinski definition) is 2. The summed E-state index contributed by atoms with van der Waals surface area (Å²) < 4.78 is 6.67. The summed E-state index contributed by atoms with van der Waals surface area (Å²) in [7, 11) is 0. The van der Waals surface area contributed by atoms with Gasteiger partial charge in [-0.1, -0.05) is 24.9 Å². The lowest BCUT2D eigenvalue weighted by molar-refractivity contribution is 0.140. The maximum absolute atomic E-state index is 10.7. The van der Waals surface area contributed by atoms with E-state index in [2.05, 4.69) is 6.92 Å². The Morgan fingerprint density at radius 1 is 1.44 bits per heavy atom. The molecule has 0 saturated carbocycles. The maximum Gasteiger partial charge on any atom is 0.512 e. The van der Waals surface area contributed by atoms with Crippen molar-refractivity contribution >= 4 is 28.7 Å². The molecule has 0 bridgehead atoms. The lowest BCUT2D eigenvalue weighted by Crippen LogP contribution is -2.08. The highest BCUT2D eigenvalue weighted by molar-refractivity contribution is 6.31. The first kappa shape index (κ1) is 12.8. The summed E-state index contributed by atoms with van der Waals surface area (Å²) in [6, 6.07) is 7.16. The molecule has 2 rings (SSSR count). The van der Waals surface area contributed by atoms with Crippen LogP contribution in [0, 0.1) is 0 Å². The van der Waals surface area contributed by atoms with E-state index in [-0.39, 0.29) is 0 Å². The van der Waals surface area contributed by atoms with Crippen molar-refractivity contribution in [3.05, 3.63) is 29.3 Å². The first-order valence-electron chi connectivity index (χ1n) is 5.81.